The molecule has 0 saturated heterocycles. The van der Waals surface area contributed by atoms with Gasteiger partial charge in [0.2, 0.25) is 0 Å². The molecular formula is C42H30N4. The fraction of sp³-hybridized carbons (Fsp3) is 0.0476. The number of nitrogens with zero attached hydrogens (tertiary/aromatic N) is 4. The van der Waals surface area contributed by atoms with Crippen molar-refractivity contribution >= 4 is 67.3 Å². The molecule has 2 heterocycles. The molecule has 0 aliphatic heterocycles. The minimum atomic E-state index is 0.684. The van der Waals surface area contributed by atoms with Gasteiger partial charge in [-0.25, -0.2) is 15.0 Å². The number of rotatable bonds is 5. The Balaban J connectivity index is 1.33. The molecule has 8 aromatic rings. The maximum atomic E-state index is 5.12. The van der Waals surface area contributed by atoms with Crippen LogP contribution in [0.1, 0.15) is 22.4 Å². The first-order valence-corrected chi connectivity index (χ1v) is 15.5. The number of hydrogen-bond donors (Lipinski definition) is 0. The maximum absolute atomic E-state index is 5.12. The van der Waals surface area contributed by atoms with E-state index in [1.54, 1.807) is 0 Å². The molecule has 6 aromatic carbocycles. The van der Waals surface area contributed by atoms with Crippen molar-refractivity contribution in [3.8, 4) is 11.1 Å². The third kappa shape index (κ3) is 5.00. The summed E-state index contributed by atoms with van der Waals surface area (Å²) >= 11 is 0. The lowest BCUT2D eigenvalue weighted by atomic mass is 9.89. The average molecular weight is 591 g/mol. The van der Waals surface area contributed by atoms with E-state index in [1.165, 1.54) is 5.56 Å². The largest absolute Gasteiger partial charge is 0.254 e. The van der Waals surface area contributed by atoms with Gasteiger partial charge in [0.25, 0.3) is 0 Å². The Labute approximate surface area is 267 Å². The first kappa shape index (κ1) is 27.5. The van der Waals surface area contributed by atoms with E-state index in [-0.39, 0.29) is 0 Å². The Morgan fingerprint density at radius 2 is 1.04 bits per heavy atom. The smallest absolute Gasteiger partial charge is 0.152 e. The number of benzene rings is 6. The summed E-state index contributed by atoms with van der Waals surface area (Å²) in [5.74, 6) is 0.684. The SMILES string of the molecule is Cc1cc(C=Nc2ccc3ccccc3c2-c2c(C=Nc3cc(C)c4ccccc4n3)ccc3ccccc23)nc2ccccc12. The van der Waals surface area contributed by atoms with Crippen molar-refractivity contribution in [1.82, 2.24) is 9.97 Å². The summed E-state index contributed by atoms with van der Waals surface area (Å²) in [6.07, 6.45) is 3.83. The molecule has 0 saturated carbocycles. The topological polar surface area (TPSA) is 50.5 Å². The zero-order valence-corrected chi connectivity index (χ0v) is 25.6. The van der Waals surface area contributed by atoms with Crippen molar-refractivity contribution in [3.05, 3.63) is 156 Å². The lowest BCUT2D eigenvalue weighted by Crippen LogP contribution is -1.94. The van der Waals surface area contributed by atoms with Gasteiger partial charge in [0.15, 0.2) is 5.82 Å². The predicted molar refractivity (Wildman–Crippen MR) is 194 cm³/mol. The summed E-state index contributed by atoms with van der Waals surface area (Å²) in [5.41, 5.74) is 9.09. The van der Waals surface area contributed by atoms with Crippen LogP contribution >= 0.6 is 0 Å². The number of fused-ring (bicyclic) bond motifs is 4. The normalized spacial score (nSPS) is 12.0. The Morgan fingerprint density at radius 1 is 0.478 bits per heavy atom. The van der Waals surface area contributed by atoms with Crippen LogP contribution in [0.3, 0.4) is 0 Å². The highest BCUT2D eigenvalue weighted by Gasteiger charge is 2.16. The highest BCUT2D eigenvalue weighted by molar-refractivity contribution is 6.14. The summed E-state index contributed by atoms with van der Waals surface area (Å²) in [7, 11) is 0. The second-order valence-electron chi connectivity index (χ2n) is 11.6. The lowest BCUT2D eigenvalue weighted by molar-refractivity contribution is 1.31. The molecule has 0 aliphatic rings. The van der Waals surface area contributed by atoms with Crippen LogP contribution in [0.25, 0.3) is 54.5 Å². The molecule has 46 heavy (non-hydrogen) atoms. The Morgan fingerprint density at radius 3 is 1.76 bits per heavy atom. The van der Waals surface area contributed by atoms with E-state index in [4.69, 9.17) is 20.0 Å². The van der Waals surface area contributed by atoms with Crippen molar-refractivity contribution in [3.63, 3.8) is 0 Å². The van der Waals surface area contributed by atoms with Crippen LogP contribution < -0.4 is 0 Å². The summed E-state index contributed by atoms with van der Waals surface area (Å²) in [5, 5.41) is 6.87. The van der Waals surface area contributed by atoms with Crippen molar-refractivity contribution in [2.24, 2.45) is 9.98 Å². The van der Waals surface area contributed by atoms with Gasteiger partial charge in [-0.2, -0.15) is 0 Å². The van der Waals surface area contributed by atoms with E-state index in [2.05, 4.69) is 117 Å². The highest BCUT2D eigenvalue weighted by atomic mass is 14.9. The molecular weight excluding hydrogens is 560 g/mol. The number of aliphatic imine (C=N–C) groups is 2. The average Bonchev–Trinajstić information content (AvgIpc) is 3.09. The monoisotopic (exact) mass is 590 g/mol. The van der Waals surface area contributed by atoms with Crippen LogP contribution in [0.5, 0.6) is 0 Å². The van der Waals surface area contributed by atoms with E-state index in [9.17, 15) is 0 Å². The lowest BCUT2D eigenvalue weighted by Gasteiger charge is -2.16. The van der Waals surface area contributed by atoms with Gasteiger partial charge in [-0.05, 0) is 76.9 Å². The molecule has 4 heteroatoms. The number of aryl methyl sites for hydroxylation is 2. The molecule has 0 spiro atoms. The minimum Gasteiger partial charge on any atom is -0.254 e. The fourth-order valence-corrected chi connectivity index (χ4v) is 6.42. The van der Waals surface area contributed by atoms with Crippen LogP contribution in [-0.4, -0.2) is 22.4 Å². The third-order valence-electron chi connectivity index (χ3n) is 8.64. The summed E-state index contributed by atoms with van der Waals surface area (Å²) in [6, 6.07) is 46.2. The third-order valence-corrected chi connectivity index (χ3v) is 8.64. The molecule has 0 radical (unpaired) electrons. The van der Waals surface area contributed by atoms with Crippen LogP contribution in [0, 0.1) is 13.8 Å². The van der Waals surface area contributed by atoms with E-state index in [0.29, 0.717) is 5.82 Å². The molecule has 4 nitrogen and oxygen atoms in total. The van der Waals surface area contributed by atoms with Crippen molar-refractivity contribution < 1.29 is 0 Å². The Kier molecular flexibility index (Phi) is 6.88. The van der Waals surface area contributed by atoms with Gasteiger partial charge in [0, 0.05) is 33.7 Å². The summed E-state index contributed by atoms with van der Waals surface area (Å²) < 4.78 is 0. The second kappa shape index (κ2) is 11.5. The van der Waals surface area contributed by atoms with E-state index in [1.807, 2.05) is 42.8 Å². The summed E-state index contributed by atoms with van der Waals surface area (Å²) in [4.78, 5) is 19.8. The standard InChI is InChI=1S/C42H30N4/c1-27-23-32(45-37-17-9-7-13-33(27)37)26-43-39-22-21-30-12-4-6-16-36(30)42(39)41-31(20-19-29-11-3-5-15-35(29)41)25-44-40-24-28(2)34-14-8-10-18-38(34)46-40/h3-26H,1-2H3. The van der Waals surface area contributed by atoms with Gasteiger partial charge >= 0.3 is 0 Å². The van der Waals surface area contributed by atoms with E-state index >= 15 is 0 Å². The molecule has 0 fully saturated rings. The first-order chi connectivity index (χ1) is 22.6. The molecule has 0 unspecified atom stereocenters. The van der Waals surface area contributed by atoms with Gasteiger partial charge in [-0.3, -0.25) is 4.99 Å². The van der Waals surface area contributed by atoms with E-state index < -0.39 is 0 Å². The zero-order chi connectivity index (χ0) is 31.0. The Bertz CT molecular complexity index is 2330. The highest BCUT2D eigenvalue weighted by Crippen LogP contribution is 2.42. The molecule has 2 aromatic heterocycles. The maximum Gasteiger partial charge on any atom is 0.152 e. The van der Waals surface area contributed by atoms with Crippen LogP contribution in [0.15, 0.2) is 143 Å². The number of aromatic nitrogens is 2. The molecule has 0 amide bonds. The molecule has 0 atom stereocenters. The van der Waals surface area contributed by atoms with Gasteiger partial charge in [-0.1, -0.05) is 103 Å². The molecule has 0 bridgehead atoms. The molecule has 0 aliphatic carbocycles. The zero-order valence-electron chi connectivity index (χ0n) is 25.6. The van der Waals surface area contributed by atoms with Gasteiger partial charge < -0.3 is 0 Å². The molecule has 218 valence electrons. The van der Waals surface area contributed by atoms with Gasteiger partial charge in [0.05, 0.1) is 28.6 Å². The first-order valence-electron chi connectivity index (χ1n) is 15.5. The molecule has 8 rings (SSSR count). The number of hydrogen-bond acceptors (Lipinski definition) is 4. The van der Waals surface area contributed by atoms with E-state index in [0.717, 1.165) is 77.0 Å². The second-order valence-corrected chi connectivity index (χ2v) is 11.6. The molecule has 0 N–H and O–H groups in total. The van der Waals surface area contributed by atoms with Gasteiger partial charge in [0.1, 0.15) is 0 Å². The van der Waals surface area contributed by atoms with Crippen LogP contribution in [0.4, 0.5) is 11.5 Å². The van der Waals surface area contributed by atoms with Crippen LogP contribution in [0.2, 0.25) is 0 Å². The predicted octanol–water partition coefficient (Wildman–Crippen LogP) is 10.9. The van der Waals surface area contributed by atoms with Crippen molar-refractivity contribution in [2.45, 2.75) is 13.8 Å². The fourth-order valence-electron chi connectivity index (χ4n) is 6.42. The van der Waals surface area contributed by atoms with Crippen LogP contribution in [-0.2, 0) is 0 Å². The van der Waals surface area contributed by atoms with Crippen molar-refractivity contribution in [1.29, 1.82) is 0 Å². The Hall–Kier alpha value is -6.00. The van der Waals surface area contributed by atoms with Gasteiger partial charge in [-0.15, -0.1) is 0 Å². The van der Waals surface area contributed by atoms with Crippen molar-refractivity contribution in [2.75, 3.05) is 0 Å². The number of para-hydroxylation sites is 2. The quantitative estimate of drug-likeness (QED) is 0.187. The minimum absolute atomic E-state index is 0.684. The number of pyridine rings is 2. The summed E-state index contributed by atoms with van der Waals surface area (Å²) in [6.45, 7) is 4.23.